The van der Waals surface area contributed by atoms with Gasteiger partial charge in [0.1, 0.15) is 6.07 Å². The van der Waals surface area contributed by atoms with Crippen LogP contribution in [0.4, 0.5) is 11.4 Å². The average Bonchev–Trinajstić information content (AvgIpc) is 2.57. The molecule has 0 spiro atoms. The minimum atomic E-state index is 0.538. The zero-order valence-corrected chi connectivity index (χ0v) is 14.0. The molecule has 4 nitrogen and oxygen atoms in total. The minimum absolute atomic E-state index is 0.538. The number of nitrogens with zero attached hydrogens (tertiary/aromatic N) is 2. The van der Waals surface area contributed by atoms with Gasteiger partial charge in [-0.25, -0.2) is 0 Å². The number of nitrogens with two attached hydrogens (primary N) is 1. The molecule has 0 amide bonds. The van der Waals surface area contributed by atoms with Crippen molar-refractivity contribution in [1.29, 1.82) is 5.26 Å². The lowest BCUT2D eigenvalue weighted by atomic mass is 10.1. The highest BCUT2D eigenvalue weighted by Crippen LogP contribution is 2.21. The molecule has 0 fully saturated rings. The first kappa shape index (κ1) is 17.1. The Bertz CT molecular complexity index is 694. The molecule has 120 valence electrons. The van der Waals surface area contributed by atoms with Crippen LogP contribution in [0, 0.1) is 18.3 Å². The van der Waals surface area contributed by atoms with Gasteiger partial charge in [0.25, 0.3) is 0 Å². The van der Waals surface area contributed by atoms with Gasteiger partial charge in [0.2, 0.25) is 0 Å². The third-order valence-corrected chi connectivity index (χ3v) is 4.05. The number of benzene rings is 2. The normalized spacial score (nSPS) is 10.2. The van der Waals surface area contributed by atoms with Crippen molar-refractivity contribution in [2.24, 2.45) is 5.73 Å². The van der Waals surface area contributed by atoms with Crippen molar-refractivity contribution in [3.05, 3.63) is 58.6 Å². The summed E-state index contributed by atoms with van der Waals surface area (Å²) in [6.45, 7) is 4.71. The molecular formula is C18H21ClN4. The number of anilines is 2. The Hall–Kier alpha value is -2.22. The van der Waals surface area contributed by atoms with Crippen LogP contribution in [0.3, 0.4) is 0 Å². The second-order valence-corrected chi connectivity index (χ2v) is 5.70. The lowest BCUT2D eigenvalue weighted by Gasteiger charge is -2.25. The summed E-state index contributed by atoms with van der Waals surface area (Å²) < 4.78 is 0. The van der Waals surface area contributed by atoms with Crippen molar-refractivity contribution in [3.8, 4) is 6.07 Å². The Morgan fingerprint density at radius 3 is 2.70 bits per heavy atom. The number of aryl methyl sites for hydroxylation is 1. The van der Waals surface area contributed by atoms with Crippen LogP contribution < -0.4 is 16.0 Å². The van der Waals surface area contributed by atoms with Crippen LogP contribution in [-0.2, 0) is 0 Å². The molecular weight excluding hydrogens is 308 g/mol. The highest BCUT2D eigenvalue weighted by Gasteiger charge is 2.10. The highest BCUT2D eigenvalue weighted by molar-refractivity contribution is 6.31. The molecule has 3 N–H and O–H groups in total. The minimum Gasteiger partial charge on any atom is -0.383 e. The summed E-state index contributed by atoms with van der Waals surface area (Å²) in [4.78, 5) is 2.13. The van der Waals surface area contributed by atoms with Crippen LogP contribution >= 0.6 is 11.6 Å². The molecule has 0 aliphatic carbocycles. The van der Waals surface area contributed by atoms with Gasteiger partial charge in [-0.15, -0.1) is 0 Å². The molecule has 0 saturated heterocycles. The van der Waals surface area contributed by atoms with Gasteiger partial charge in [-0.1, -0.05) is 29.8 Å². The third kappa shape index (κ3) is 4.62. The van der Waals surface area contributed by atoms with Crippen LogP contribution in [-0.4, -0.2) is 26.2 Å². The SMILES string of the molecule is Cc1ccc(NCCN(CCN)c2ccccc2C#N)cc1Cl. The van der Waals surface area contributed by atoms with E-state index in [0.717, 1.165) is 35.1 Å². The summed E-state index contributed by atoms with van der Waals surface area (Å²) in [5.74, 6) is 0. The quantitative estimate of drug-likeness (QED) is 0.817. The predicted octanol–water partition coefficient (Wildman–Crippen LogP) is 3.40. The first-order valence-corrected chi connectivity index (χ1v) is 7.97. The maximum Gasteiger partial charge on any atom is 0.101 e. The van der Waals surface area contributed by atoms with E-state index in [1.807, 2.05) is 49.4 Å². The fraction of sp³-hybridized carbons (Fsp3) is 0.278. The second-order valence-electron chi connectivity index (χ2n) is 5.30. The Kier molecular flexibility index (Phi) is 6.28. The van der Waals surface area contributed by atoms with E-state index in [1.165, 1.54) is 0 Å². The van der Waals surface area contributed by atoms with E-state index in [1.54, 1.807) is 0 Å². The van der Waals surface area contributed by atoms with E-state index in [9.17, 15) is 5.26 Å². The summed E-state index contributed by atoms with van der Waals surface area (Å²) in [5, 5.41) is 13.4. The zero-order valence-electron chi connectivity index (χ0n) is 13.2. The maximum absolute atomic E-state index is 9.26. The van der Waals surface area contributed by atoms with Crippen molar-refractivity contribution in [2.75, 3.05) is 36.4 Å². The van der Waals surface area contributed by atoms with E-state index >= 15 is 0 Å². The van der Waals surface area contributed by atoms with Crippen molar-refractivity contribution in [2.45, 2.75) is 6.92 Å². The lowest BCUT2D eigenvalue weighted by molar-refractivity contribution is 0.794. The number of nitriles is 1. The molecule has 5 heteroatoms. The van der Waals surface area contributed by atoms with Gasteiger partial charge in [0.15, 0.2) is 0 Å². The van der Waals surface area contributed by atoms with Crippen LogP contribution in [0.1, 0.15) is 11.1 Å². The van der Waals surface area contributed by atoms with Gasteiger partial charge in [-0.3, -0.25) is 0 Å². The molecule has 0 aliphatic heterocycles. The average molecular weight is 329 g/mol. The summed E-state index contributed by atoms with van der Waals surface area (Å²) in [6, 6.07) is 15.8. The van der Waals surface area contributed by atoms with Gasteiger partial charge in [0, 0.05) is 36.9 Å². The van der Waals surface area contributed by atoms with Crippen LogP contribution in [0.2, 0.25) is 5.02 Å². The number of para-hydroxylation sites is 1. The number of hydrogen-bond acceptors (Lipinski definition) is 4. The number of nitrogens with one attached hydrogen (secondary N) is 1. The van der Waals surface area contributed by atoms with Crippen molar-refractivity contribution >= 4 is 23.0 Å². The summed E-state index contributed by atoms with van der Waals surface area (Å²) >= 11 is 6.14. The van der Waals surface area contributed by atoms with Crippen molar-refractivity contribution in [3.63, 3.8) is 0 Å². The maximum atomic E-state index is 9.26. The number of rotatable bonds is 7. The van der Waals surface area contributed by atoms with Gasteiger partial charge >= 0.3 is 0 Å². The Morgan fingerprint density at radius 1 is 1.22 bits per heavy atom. The molecule has 23 heavy (non-hydrogen) atoms. The first-order chi connectivity index (χ1) is 11.2. The molecule has 0 unspecified atom stereocenters. The van der Waals surface area contributed by atoms with Gasteiger partial charge in [-0.2, -0.15) is 5.26 Å². The zero-order chi connectivity index (χ0) is 16.7. The Labute approximate surface area is 142 Å². The van der Waals surface area contributed by atoms with Crippen molar-refractivity contribution < 1.29 is 0 Å². The lowest BCUT2D eigenvalue weighted by Crippen LogP contribution is -2.34. The highest BCUT2D eigenvalue weighted by atomic mass is 35.5. The van der Waals surface area contributed by atoms with E-state index in [4.69, 9.17) is 17.3 Å². The molecule has 2 rings (SSSR count). The predicted molar refractivity (Wildman–Crippen MR) is 97.1 cm³/mol. The number of halogens is 1. The topological polar surface area (TPSA) is 65.1 Å². The monoisotopic (exact) mass is 328 g/mol. The molecule has 0 radical (unpaired) electrons. The Balaban J connectivity index is 2.02. The number of hydrogen-bond donors (Lipinski definition) is 2. The molecule has 0 heterocycles. The van der Waals surface area contributed by atoms with Gasteiger partial charge in [-0.05, 0) is 36.8 Å². The largest absolute Gasteiger partial charge is 0.383 e. The van der Waals surface area contributed by atoms with Gasteiger partial charge in [0.05, 0.1) is 11.3 Å². The standard InChI is InChI=1S/C18H21ClN4/c1-14-6-7-16(12-17(14)19)22-9-11-23(10-8-20)18-5-3-2-4-15(18)13-21/h2-7,12,22H,8-11,20H2,1H3. The molecule has 0 atom stereocenters. The molecule has 2 aromatic rings. The van der Waals surface area contributed by atoms with E-state index in [-0.39, 0.29) is 0 Å². The molecule has 0 aromatic heterocycles. The molecule has 0 bridgehead atoms. The first-order valence-electron chi connectivity index (χ1n) is 7.60. The summed E-state index contributed by atoms with van der Waals surface area (Å²) in [6.07, 6.45) is 0. The molecule has 0 aliphatic rings. The van der Waals surface area contributed by atoms with Crippen LogP contribution in [0.25, 0.3) is 0 Å². The van der Waals surface area contributed by atoms with Crippen LogP contribution in [0.15, 0.2) is 42.5 Å². The summed E-state index contributed by atoms with van der Waals surface area (Å²) in [7, 11) is 0. The fourth-order valence-corrected chi connectivity index (χ4v) is 2.57. The van der Waals surface area contributed by atoms with Gasteiger partial charge < -0.3 is 16.0 Å². The van der Waals surface area contributed by atoms with Crippen LogP contribution in [0.5, 0.6) is 0 Å². The third-order valence-electron chi connectivity index (χ3n) is 3.65. The van der Waals surface area contributed by atoms with Crippen molar-refractivity contribution in [1.82, 2.24) is 0 Å². The van der Waals surface area contributed by atoms with E-state index in [0.29, 0.717) is 18.7 Å². The summed E-state index contributed by atoms with van der Waals surface area (Å²) in [5.41, 5.74) is 9.35. The smallest absolute Gasteiger partial charge is 0.101 e. The Morgan fingerprint density at radius 2 is 2.00 bits per heavy atom. The molecule has 0 saturated carbocycles. The fourth-order valence-electron chi connectivity index (χ4n) is 2.39. The van der Waals surface area contributed by atoms with E-state index < -0.39 is 0 Å². The van der Waals surface area contributed by atoms with E-state index in [2.05, 4.69) is 16.3 Å². The second kappa shape index (κ2) is 8.42. The molecule has 2 aromatic carbocycles.